The van der Waals surface area contributed by atoms with Gasteiger partial charge < -0.3 is 0 Å². The van der Waals surface area contributed by atoms with Gasteiger partial charge in [0.2, 0.25) is 0 Å². The van der Waals surface area contributed by atoms with Gasteiger partial charge in [-0.05, 0) is 0 Å². The van der Waals surface area contributed by atoms with Crippen LogP contribution in [0.5, 0.6) is 0 Å². The molecular formula is C5H12LiP. The van der Waals surface area contributed by atoms with Gasteiger partial charge in [0, 0.05) is 0 Å². The molecule has 7 heavy (non-hydrogen) atoms. The molecule has 0 amide bonds. The van der Waals surface area contributed by atoms with Crippen LogP contribution in [0.1, 0.15) is 25.7 Å². The van der Waals surface area contributed by atoms with Crippen LogP contribution in [-0.4, -0.2) is 17.7 Å². The molecule has 0 aromatic heterocycles. The van der Waals surface area contributed by atoms with Crippen LogP contribution in [0, 0.1) is 0 Å². The molecule has 1 rings (SSSR count). The van der Waals surface area contributed by atoms with E-state index in [4.69, 9.17) is 0 Å². The Morgan fingerprint density at radius 3 is 1.71 bits per heavy atom. The number of hydrogen-bond donors (Lipinski definition) is 0. The minimum absolute atomic E-state index is 0. The summed E-state index contributed by atoms with van der Waals surface area (Å²) >= 11 is 2.34. The van der Waals surface area contributed by atoms with Crippen molar-refractivity contribution in [1.82, 2.24) is 0 Å². The molecule has 1 saturated carbocycles. The first-order valence-electron chi connectivity index (χ1n) is 2.89. The Bertz CT molecular complexity index is 41.3. The van der Waals surface area contributed by atoms with E-state index >= 15 is 0 Å². The number of rotatable bonds is 0. The molecule has 0 bridgehead atoms. The van der Waals surface area contributed by atoms with Gasteiger partial charge in [-0.1, -0.05) is 0 Å². The second kappa shape index (κ2) is 3.96. The molecule has 1 aliphatic carbocycles. The van der Waals surface area contributed by atoms with Crippen molar-refractivity contribution < 1.29 is 0 Å². The zero-order chi connectivity index (χ0) is 4.41. The van der Waals surface area contributed by atoms with Crippen molar-refractivity contribution in [2.24, 2.45) is 0 Å². The van der Waals surface area contributed by atoms with Gasteiger partial charge in [-0.2, -0.15) is 9.90 Å². The average molecular weight is 110 g/mol. The first-order chi connectivity index (χ1) is 2.89. The van der Waals surface area contributed by atoms with E-state index in [2.05, 4.69) is 17.7 Å². The molecule has 1 atom stereocenters. The van der Waals surface area contributed by atoms with Gasteiger partial charge in [0.05, 0.1) is 0 Å². The van der Waals surface area contributed by atoms with Crippen LogP contribution in [0.15, 0.2) is 0 Å². The Labute approximate surface area is 58.3 Å². The minimum atomic E-state index is 0. The maximum atomic E-state index is 2.34. The molecule has 0 heterocycles. The van der Waals surface area contributed by atoms with Gasteiger partial charge in [0.15, 0.2) is 0 Å². The monoisotopic (exact) mass is 110 g/mol. The Morgan fingerprint density at radius 2 is 1.57 bits per heavy atom. The first-order valence-corrected chi connectivity index (χ1v) is 2.89. The Balaban J connectivity index is 0.000000360. The van der Waals surface area contributed by atoms with Crippen LogP contribution in [0.4, 0.5) is 0 Å². The molecule has 1 fully saturated rings. The van der Waals surface area contributed by atoms with Crippen LogP contribution in [0.25, 0.3) is 0 Å². The van der Waals surface area contributed by atoms with Crippen molar-refractivity contribution in [3.63, 3.8) is 0 Å². The summed E-state index contributed by atoms with van der Waals surface area (Å²) in [5.41, 5.74) is 0. The van der Waals surface area contributed by atoms with E-state index in [0.717, 1.165) is 4.59 Å². The van der Waals surface area contributed by atoms with E-state index < -0.39 is 0 Å². The van der Waals surface area contributed by atoms with Crippen molar-refractivity contribution in [1.29, 1.82) is 0 Å². The first kappa shape index (κ1) is 8.03. The summed E-state index contributed by atoms with van der Waals surface area (Å²) in [5, 5.41) is 0. The Hall–Kier alpha value is 1.03. The summed E-state index contributed by atoms with van der Waals surface area (Å²) in [6, 6.07) is 0. The topological polar surface area (TPSA) is 0 Å². The molecule has 1 aliphatic rings. The predicted molar refractivity (Wildman–Crippen MR) is 39.1 cm³/mol. The van der Waals surface area contributed by atoms with E-state index in [1.165, 1.54) is 25.7 Å². The van der Waals surface area contributed by atoms with Gasteiger partial charge in [-0.25, -0.2) is 0 Å². The maximum absolute atomic E-state index is 2.34. The molecule has 1 unspecified atom stereocenters. The molecule has 0 spiro atoms. The van der Waals surface area contributed by atoms with Gasteiger partial charge in [0.1, 0.15) is 0 Å². The Morgan fingerprint density at radius 1 is 1.14 bits per heavy atom. The standard InChI is InChI=1S/C5H9.Li.H3P/c1-2-4-5-3-1;;/h1H,2-5H2;;1H3. The summed E-state index contributed by atoms with van der Waals surface area (Å²) in [5.74, 6) is 0. The zero-order valence-electron chi connectivity index (χ0n) is 5.11. The second-order valence-electron chi connectivity index (χ2n) is 2.39. The van der Waals surface area contributed by atoms with Crippen LogP contribution in [0.3, 0.4) is 0 Å². The molecule has 38 valence electrons. The van der Waals surface area contributed by atoms with Crippen molar-refractivity contribution in [3.8, 4) is 0 Å². The predicted octanol–water partition coefficient (Wildman–Crippen LogP) is 1.58. The van der Waals surface area contributed by atoms with Crippen LogP contribution >= 0.6 is 9.90 Å². The van der Waals surface area contributed by atoms with Crippen LogP contribution < -0.4 is 0 Å². The molecule has 0 N–H and O–H groups in total. The van der Waals surface area contributed by atoms with Crippen molar-refractivity contribution in [2.75, 3.05) is 0 Å². The van der Waals surface area contributed by atoms with Gasteiger partial charge in [0.25, 0.3) is 0 Å². The molecule has 2 heteroatoms. The third kappa shape index (κ3) is 2.76. The Kier molecular flexibility index (Phi) is 4.54. The zero-order valence-corrected chi connectivity index (χ0v) is 6.53. The van der Waals surface area contributed by atoms with Gasteiger partial charge >= 0.3 is 48.0 Å². The average Bonchev–Trinajstić information content (AvgIpc) is 1.86. The van der Waals surface area contributed by atoms with E-state index in [1.54, 1.807) is 0 Å². The van der Waals surface area contributed by atoms with E-state index in [-0.39, 0.29) is 9.90 Å². The van der Waals surface area contributed by atoms with E-state index in [1.807, 2.05) is 0 Å². The quantitative estimate of drug-likeness (QED) is 0.328. The normalized spacial score (nSPS) is 22.0. The van der Waals surface area contributed by atoms with Gasteiger partial charge in [-0.3, -0.25) is 0 Å². The van der Waals surface area contributed by atoms with Crippen molar-refractivity contribution in [2.45, 2.75) is 30.3 Å². The summed E-state index contributed by atoms with van der Waals surface area (Å²) in [6.07, 6.45) is 5.95. The molecular weight excluding hydrogens is 98.0 g/mol. The molecule has 0 radical (unpaired) electrons. The summed E-state index contributed by atoms with van der Waals surface area (Å²) in [6.45, 7) is 0. The molecule has 0 aromatic carbocycles. The van der Waals surface area contributed by atoms with Crippen LogP contribution in [0.2, 0.25) is 4.59 Å². The van der Waals surface area contributed by atoms with E-state index in [9.17, 15) is 0 Å². The van der Waals surface area contributed by atoms with E-state index in [0.29, 0.717) is 0 Å². The fourth-order valence-electron chi connectivity index (χ4n) is 1.13. The van der Waals surface area contributed by atoms with Crippen molar-refractivity contribution >= 4 is 27.6 Å². The summed E-state index contributed by atoms with van der Waals surface area (Å²) in [4.78, 5) is 0. The molecule has 0 nitrogen and oxygen atoms in total. The molecule has 0 saturated heterocycles. The molecule has 0 aromatic rings. The third-order valence-corrected chi connectivity index (χ3v) is 1.64. The summed E-state index contributed by atoms with van der Waals surface area (Å²) in [7, 11) is 0. The van der Waals surface area contributed by atoms with Gasteiger partial charge in [-0.15, -0.1) is 0 Å². The fourth-order valence-corrected chi connectivity index (χ4v) is 1.13. The third-order valence-electron chi connectivity index (χ3n) is 1.64. The SMILES string of the molecule is P.[Li][CH]1CCCC1. The fraction of sp³-hybridized carbons (Fsp3) is 1.00. The van der Waals surface area contributed by atoms with Crippen LogP contribution in [-0.2, 0) is 0 Å². The second-order valence-corrected chi connectivity index (χ2v) is 2.39. The van der Waals surface area contributed by atoms with Crippen molar-refractivity contribution in [3.05, 3.63) is 0 Å². The molecule has 0 aliphatic heterocycles. The number of hydrogen-bond acceptors (Lipinski definition) is 0. The summed E-state index contributed by atoms with van der Waals surface area (Å²) < 4.78 is 1.05.